The number of ether oxygens (including phenoxy) is 1. The third-order valence-electron chi connectivity index (χ3n) is 2.95. The number of halogens is 3. The summed E-state index contributed by atoms with van der Waals surface area (Å²) in [5, 5.41) is 18.4. The van der Waals surface area contributed by atoms with Crippen molar-refractivity contribution in [3.05, 3.63) is 29.3 Å². The van der Waals surface area contributed by atoms with Gasteiger partial charge in [-0.25, -0.2) is 0 Å². The molecular weight excluding hydrogens is 249 g/mol. The van der Waals surface area contributed by atoms with Gasteiger partial charge in [0.25, 0.3) is 0 Å². The second-order valence-corrected chi connectivity index (χ2v) is 4.28. The van der Waals surface area contributed by atoms with E-state index < -0.39 is 25.0 Å². The van der Waals surface area contributed by atoms with Gasteiger partial charge in [-0.15, -0.1) is 0 Å². The van der Waals surface area contributed by atoms with E-state index in [9.17, 15) is 18.3 Å². The second-order valence-electron chi connectivity index (χ2n) is 4.28. The maximum atomic E-state index is 12.1. The summed E-state index contributed by atoms with van der Waals surface area (Å²) in [6.07, 6.45) is -6.38. The van der Waals surface area contributed by atoms with E-state index in [1.54, 1.807) is 12.1 Å². The van der Waals surface area contributed by atoms with E-state index in [0.717, 1.165) is 11.1 Å². The maximum absolute atomic E-state index is 12.1. The molecule has 0 aliphatic heterocycles. The average molecular weight is 262 g/mol. The lowest BCUT2D eigenvalue weighted by molar-refractivity contribution is -0.210. The van der Waals surface area contributed by atoms with Gasteiger partial charge >= 0.3 is 6.18 Å². The highest BCUT2D eigenvalue weighted by Crippen LogP contribution is 2.33. The Kier molecular flexibility index (Phi) is 3.49. The van der Waals surface area contributed by atoms with Gasteiger partial charge in [-0.1, -0.05) is 6.07 Å². The number of benzene rings is 1. The quantitative estimate of drug-likeness (QED) is 0.875. The third kappa shape index (κ3) is 2.76. The highest BCUT2D eigenvalue weighted by Gasteiger charge is 2.38. The van der Waals surface area contributed by atoms with Gasteiger partial charge in [0.1, 0.15) is 12.4 Å². The van der Waals surface area contributed by atoms with Crippen molar-refractivity contribution in [1.82, 2.24) is 0 Å². The Morgan fingerprint density at radius 1 is 1.39 bits per heavy atom. The SMILES string of the molecule is OC1CCc2cc(OCC(O)C(F)(F)F)ccc21. The summed E-state index contributed by atoms with van der Waals surface area (Å²) in [5.41, 5.74) is 1.67. The van der Waals surface area contributed by atoms with Crippen molar-refractivity contribution in [3.8, 4) is 5.75 Å². The number of aryl methyl sites for hydroxylation is 1. The lowest BCUT2D eigenvalue weighted by Gasteiger charge is -2.15. The molecule has 1 aromatic rings. The first-order valence-corrected chi connectivity index (χ1v) is 5.56. The number of hydrogen-bond donors (Lipinski definition) is 2. The fourth-order valence-corrected chi connectivity index (χ4v) is 1.93. The van der Waals surface area contributed by atoms with Gasteiger partial charge in [0.2, 0.25) is 0 Å². The lowest BCUT2D eigenvalue weighted by atomic mass is 10.1. The number of alkyl halides is 3. The van der Waals surface area contributed by atoms with Crippen LogP contribution in [0.25, 0.3) is 0 Å². The van der Waals surface area contributed by atoms with Crippen LogP contribution in [-0.2, 0) is 6.42 Å². The lowest BCUT2D eigenvalue weighted by Crippen LogP contribution is -2.34. The summed E-state index contributed by atoms with van der Waals surface area (Å²) in [6.45, 7) is -0.829. The molecule has 6 heteroatoms. The molecule has 0 aromatic heterocycles. The predicted octanol–water partition coefficient (Wildman–Crippen LogP) is 1.97. The van der Waals surface area contributed by atoms with Crippen molar-refractivity contribution >= 4 is 0 Å². The zero-order valence-corrected chi connectivity index (χ0v) is 9.44. The molecule has 2 rings (SSSR count). The molecule has 0 bridgehead atoms. The molecule has 1 aliphatic rings. The fraction of sp³-hybridized carbons (Fsp3) is 0.500. The molecule has 0 saturated heterocycles. The summed E-state index contributed by atoms with van der Waals surface area (Å²) in [5.74, 6) is 0.270. The van der Waals surface area contributed by atoms with E-state index in [0.29, 0.717) is 12.8 Å². The van der Waals surface area contributed by atoms with Crippen LogP contribution in [0.4, 0.5) is 13.2 Å². The summed E-state index contributed by atoms with van der Waals surface area (Å²) >= 11 is 0. The molecule has 0 saturated carbocycles. The highest BCUT2D eigenvalue weighted by molar-refractivity contribution is 5.39. The van der Waals surface area contributed by atoms with Crippen LogP contribution in [0.2, 0.25) is 0 Å². The van der Waals surface area contributed by atoms with Gasteiger partial charge in [-0.2, -0.15) is 13.2 Å². The van der Waals surface area contributed by atoms with Crippen molar-refractivity contribution in [2.24, 2.45) is 0 Å². The molecule has 1 aromatic carbocycles. The number of rotatable bonds is 3. The zero-order valence-electron chi connectivity index (χ0n) is 9.44. The van der Waals surface area contributed by atoms with E-state index in [2.05, 4.69) is 0 Å². The van der Waals surface area contributed by atoms with Crippen LogP contribution >= 0.6 is 0 Å². The number of aliphatic hydroxyl groups is 2. The third-order valence-corrected chi connectivity index (χ3v) is 2.95. The molecule has 0 fully saturated rings. The smallest absolute Gasteiger partial charge is 0.417 e. The summed E-state index contributed by atoms with van der Waals surface area (Å²) in [7, 11) is 0. The van der Waals surface area contributed by atoms with Crippen LogP contribution in [0.3, 0.4) is 0 Å². The molecule has 0 amide bonds. The van der Waals surface area contributed by atoms with Gasteiger partial charge in [0, 0.05) is 0 Å². The first-order chi connectivity index (χ1) is 8.38. The van der Waals surface area contributed by atoms with Gasteiger partial charge in [0.15, 0.2) is 6.10 Å². The Labute approximate surface area is 102 Å². The van der Waals surface area contributed by atoms with Crippen molar-refractivity contribution in [1.29, 1.82) is 0 Å². The molecule has 0 spiro atoms. The monoisotopic (exact) mass is 262 g/mol. The topological polar surface area (TPSA) is 49.7 Å². The normalized spacial score (nSPS) is 20.6. The summed E-state index contributed by atoms with van der Waals surface area (Å²) in [6, 6.07) is 4.74. The fourth-order valence-electron chi connectivity index (χ4n) is 1.93. The first kappa shape index (κ1) is 13.2. The molecular formula is C12H13F3O3. The average Bonchev–Trinajstić information content (AvgIpc) is 2.66. The molecule has 100 valence electrons. The van der Waals surface area contributed by atoms with E-state index >= 15 is 0 Å². The first-order valence-electron chi connectivity index (χ1n) is 5.56. The van der Waals surface area contributed by atoms with Crippen LogP contribution in [0.1, 0.15) is 23.7 Å². The van der Waals surface area contributed by atoms with E-state index in [1.807, 2.05) is 0 Å². The van der Waals surface area contributed by atoms with Crippen molar-refractivity contribution < 1.29 is 28.1 Å². The standard InChI is InChI=1S/C12H13F3O3/c13-12(14,15)11(17)6-18-8-2-3-9-7(5-8)1-4-10(9)16/h2-3,5,10-11,16-17H,1,4,6H2. The molecule has 2 atom stereocenters. The largest absolute Gasteiger partial charge is 0.491 e. The minimum absolute atomic E-state index is 0.270. The van der Waals surface area contributed by atoms with Crippen LogP contribution in [-0.4, -0.2) is 29.1 Å². The van der Waals surface area contributed by atoms with Crippen molar-refractivity contribution in [2.75, 3.05) is 6.61 Å². The molecule has 2 N–H and O–H groups in total. The molecule has 2 unspecified atom stereocenters. The molecule has 18 heavy (non-hydrogen) atoms. The summed E-state index contributed by atoms with van der Waals surface area (Å²) < 4.78 is 41.1. The summed E-state index contributed by atoms with van der Waals surface area (Å²) in [4.78, 5) is 0. The van der Waals surface area contributed by atoms with Crippen LogP contribution < -0.4 is 4.74 Å². The number of hydrogen-bond acceptors (Lipinski definition) is 3. The Bertz CT molecular complexity index is 431. The molecule has 3 nitrogen and oxygen atoms in total. The molecule has 0 heterocycles. The van der Waals surface area contributed by atoms with Gasteiger partial charge in [0.05, 0.1) is 6.10 Å². The minimum Gasteiger partial charge on any atom is -0.491 e. The Morgan fingerprint density at radius 3 is 2.78 bits per heavy atom. The Hall–Kier alpha value is -1.27. The number of aliphatic hydroxyl groups excluding tert-OH is 2. The number of fused-ring (bicyclic) bond motifs is 1. The Balaban J connectivity index is 1.99. The van der Waals surface area contributed by atoms with E-state index in [-0.39, 0.29) is 5.75 Å². The second kappa shape index (κ2) is 4.78. The Morgan fingerprint density at radius 2 is 2.11 bits per heavy atom. The molecule has 1 aliphatic carbocycles. The van der Waals surface area contributed by atoms with Gasteiger partial charge < -0.3 is 14.9 Å². The zero-order chi connectivity index (χ0) is 13.3. The molecule has 0 radical (unpaired) electrons. The van der Waals surface area contributed by atoms with Crippen LogP contribution in [0.15, 0.2) is 18.2 Å². The van der Waals surface area contributed by atoms with Crippen molar-refractivity contribution in [3.63, 3.8) is 0 Å². The highest BCUT2D eigenvalue weighted by atomic mass is 19.4. The van der Waals surface area contributed by atoms with E-state index in [4.69, 9.17) is 9.84 Å². The van der Waals surface area contributed by atoms with Gasteiger partial charge in [-0.05, 0) is 36.1 Å². The predicted molar refractivity (Wildman–Crippen MR) is 57.3 cm³/mol. The van der Waals surface area contributed by atoms with E-state index in [1.165, 1.54) is 6.07 Å². The minimum atomic E-state index is -4.67. The van der Waals surface area contributed by atoms with Crippen LogP contribution in [0.5, 0.6) is 5.75 Å². The van der Waals surface area contributed by atoms with Gasteiger partial charge in [-0.3, -0.25) is 0 Å². The van der Waals surface area contributed by atoms with Crippen molar-refractivity contribution in [2.45, 2.75) is 31.2 Å². The van der Waals surface area contributed by atoms with Crippen LogP contribution in [0, 0.1) is 0 Å². The maximum Gasteiger partial charge on any atom is 0.417 e.